The van der Waals surface area contributed by atoms with Gasteiger partial charge in [-0.05, 0) is 46.4 Å². The van der Waals surface area contributed by atoms with Gasteiger partial charge < -0.3 is 5.32 Å². The van der Waals surface area contributed by atoms with Crippen molar-refractivity contribution in [2.75, 3.05) is 5.32 Å². The van der Waals surface area contributed by atoms with Crippen LogP contribution in [0.25, 0.3) is 0 Å². The van der Waals surface area contributed by atoms with Crippen LogP contribution in [0, 0.1) is 3.57 Å². The quantitative estimate of drug-likeness (QED) is 0.750. The van der Waals surface area contributed by atoms with E-state index in [1.807, 2.05) is 28.7 Å². The van der Waals surface area contributed by atoms with Crippen molar-refractivity contribution >= 4 is 34.2 Å². The predicted molar refractivity (Wildman–Crippen MR) is 82.9 cm³/mol. The van der Waals surface area contributed by atoms with Crippen LogP contribution in [-0.2, 0) is 17.4 Å². The summed E-state index contributed by atoms with van der Waals surface area (Å²) >= 11 is 1.89. The van der Waals surface area contributed by atoms with Gasteiger partial charge in [-0.2, -0.15) is 13.2 Å². The third kappa shape index (κ3) is 4.45. The average molecular weight is 405 g/mol. The second-order valence-electron chi connectivity index (χ2n) is 4.40. The fraction of sp³-hybridized carbons (Fsp3) is 0.133. The lowest BCUT2D eigenvalue weighted by atomic mass is 10.1. The smallest absolute Gasteiger partial charge is 0.325 e. The summed E-state index contributed by atoms with van der Waals surface area (Å²) in [6.07, 6.45) is -4.31. The molecule has 0 aromatic heterocycles. The van der Waals surface area contributed by atoms with Crippen molar-refractivity contribution < 1.29 is 18.0 Å². The number of carbonyl (C=O) groups excluding carboxylic acids is 1. The number of hydrogen-bond acceptors (Lipinski definition) is 1. The molecule has 0 saturated carbocycles. The Morgan fingerprint density at radius 3 is 2.38 bits per heavy atom. The van der Waals surface area contributed by atoms with Gasteiger partial charge in [0, 0.05) is 3.57 Å². The van der Waals surface area contributed by atoms with Gasteiger partial charge in [0.25, 0.3) is 0 Å². The molecule has 0 heterocycles. The highest BCUT2D eigenvalue weighted by Gasteiger charge is 2.31. The fourth-order valence-electron chi connectivity index (χ4n) is 1.77. The summed E-state index contributed by atoms with van der Waals surface area (Å²) < 4.78 is 38.6. The van der Waals surface area contributed by atoms with E-state index < -0.39 is 11.7 Å². The molecule has 0 saturated heterocycles. The van der Waals surface area contributed by atoms with Crippen LogP contribution in [0.2, 0.25) is 0 Å². The van der Waals surface area contributed by atoms with Crippen molar-refractivity contribution in [3.05, 3.63) is 63.2 Å². The van der Waals surface area contributed by atoms with Gasteiger partial charge in [-0.25, -0.2) is 0 Å². The van der Waals surface area contributed by atoms with E-state index in [-0.39, 0.29) is 18.0 Å². The molecular formula is C15H11F3INO. The maximum Gasteiger partial charge on any atom is 0.416 e. The lowest BCUT2D eigenvalue weighted by Gasteiger charge is -2.12. The Morgan fingerprint density at radius 2 is 1.76 bits per heavy atom. The summed E-state index contributed by atoms with van der Waals surface area (Å²) in [5, 5.41) is 2.52. The van der Waals surface area contributed by atoms with Gasteiger partial charge in [-0.1, -0.05) is 30.3 Å². The molecule has 0 aliphatic rings. The summed E-state index contributed by atoms with van der Waals surface area (Å²) in [6.45, 7) is 0. The second kappa shape index (κ2) is 6.46. The molecule has 0 aliphatic heterocycles. The Bertz CT molecular complexity index is 641. The Balaban J connectivity index is 2.14. The molecule has 1 N–H and O–H groups in total. The summed E-state index contributed by atoms with van der Waals surface area (Å²) in [4.78, 5) is 11.9. The van der Waals surface area contributed by atoms with E-state index in [1.54, 1.807) is 24.3 Å². The van der Waals surface area contributed by atoms with Crippen LogP contribution >= 0.6 is 22.6 Å². The molecule has 0 fully saturated rings. The van der Waals surface area contributed by atoms with Crippen molar-refractivity contribution in [1.29, 1.82) is 0 Å². The predicted octanol–water partition coefficient (Wildman–Crippen LogP) is 4.49. The molecular weight excluding hydrogens is 394 g/mol. The Hall–Kier alpha value is -1.57. The standard InChI is InChI=1S/C15H11F3INO/c16-15(17,18)11-6-7-12(19)13(9-11)20-14(21)8-10-4-2-1-3-5-10/h1-7,9H,8H2,(H,20,21). The summed E-state index contributed by atoms with van der Waals surface area (Å²) in [7, 11) is 0. The Morgan fingerprint density at radius 1 is 1.10 bits per heavy atom. The number of amides is 1. The molecule has 2 nitrogen and oxygen atoms in total. The van der Waals surface area contributed by atoms with Crippen LogP contribution in [0.5, 0.6) is 0 Å². The second-order valence-corrected chi connectivity index (χ2v) is 5.57. The van der Waals surface area contributed by atoms with E-state index >= 15 is 0 Å². The van der Waals surface area contributed by atoms with E-state index in [4.69, 9.17) is 0 Å². The lowest BCUT2D eigenvalue weighted by molar-refractivity contribution is -0.137. The molecule has 0 spiro atoms. The maximum absolute atomic E-state index is 12.7. The van der Waals surface area contributed by atoms with E-state index in [2.05, 4.69) is 5.32 Å². The molecule has 2 aromatic carbocycles. The first-order valence-electron chi connectivity index (χ1n) is 6.07. The number of rotatable bonds is 3. The lowest BCUT2D eigenvalue weighted by Crippen LogP contribution is -2.16. The molecule has 0 radical (unpaired) electrons. The number of carbonyl (C=O) groups is 1. The topological polar surface area (TPSA) is 29.1 Å². The molecule has 1 amide bonds. The normalized spacial score (nSPS) is 11.2. The van der Waals surface area contributed by atoms with Gasteiger partial charge in [0.1, 0.15) is 0 Å². The van der Waals surface area contributed by atoms with Gasteiger partial charge in [0.15, 0.2) is 0 Å². The molecule has 6 heteroatoms. The van der Waals surface area contributed by atoms with Crippen LogP contribution in [0.15, 0.2) is 48.5 Å². The monoisotopic (exact) mass is 405 g/mol. The average Bonchev–Trinajstić information content (AvgIpc) is 2.41. The van der Waals surface area contributed by atoms with E-state index in [0.717, 1.165) is 17.7 Å². The van der Waals surface area contributed by atoms with Crippen molar-refractivity contribution in [3.8, 4) is 0 Å². The zero-order valence-electron chi connectivity index (χ0n) is 10.7. The first-order chi connectivity index (χ1) is 9.86. The fourth-order valence-corrected chi connectivity index (χ4v) is 2.24. The first kappa shape index (κ1) is 15.8. The highest BCUT2D eigenvalue weighted by molar-refractivity contribution is 14.1. The van der Waals surface area contributed by atoms with Gasteiger partial charge in [0.05, 0.1) is 17.7 Å². The third-order valence-corrected chi connectivity index (χ3v) is 3.72. The highest BCUT2D eigenvalue weighted by Crippen LogP contribution is 2.32. The zero-order chi connectivity index (χ0) is 15.5. The number of alkyl halides is 3. The largest absolute Gasteiger partial charge is 0.416 e. The van der Waals surface area contributed by atoms with Gasteiger partial charge in [-0.15, -0.1) is 0 Å². The van der Waals surface area contributed by atoms with Crippen molar-refractivity contribution in [2.45, 2.75) is 12.6 Å². The van der Waals surface area contributed by atoms with Gasteiger partial charge in [0.2, 0.25) is 5.91 Å². The molecule has 21 heavy (non-hydrogen) atoms. The zero-order valence-corrected chi connectivity index (χ0v) is 12.9. The molecule has 0 bridgehead atoms. The Labute approximate surface area is 133 Å². The molecule has 0 unspecified atom stereocenters. The number of benzene rings is 2. The van der Waals surface area contributed by atoms with E-state index in [9.17, 15) is 18.0 Å². The Kier molecular flexibility index (Phi) is 4.87. The van der Waals surface area contributed by atoms with Crippen LogP contribution in [0.4, 0.5) is 18.9 Å². The summed E-state index contributed by atoms with van der Waals surface area (Å²) in [5.41, 5.74) is 0.196. The van der Waals surface area contributed by atoms with Crippen LogP contribution in [-0.4, -0.2) is 5.91 Å². The maximum atomic E-state index is 12.7. The van der Waals surface area contributed by atoms with Gasteiger partial charge >= 0.3 is 6.18 Å². The third-order valence-electron chi connectivity index (χ3n) is 2.78. The molecule has 110 valence electrons. The van der Waals surface area contributed by atoms with Crippen LogP contribution in [0.1, 0.15) is 11.1 Å². The minimum Gasteiger partial charge on any atom is -0.325 e. The van der Waals surface area contributed by atoms with Crippen molar-refractivity contribution in [3.63, 3.8) is 0 Å². The number of nitrogens with one attached hydrogen (secondary N) is 1. The highest BCUT2D eigenvalue weighted by atomic mass is 127. The van der Waals surface area contributed by atoms with Crippen molar-refractivity contribution in [2.24, 2.45) is 0 Å². The SMILES string of the molecule is O=C(Cc1ccccc1)Nc1cc(C(F)(F)F)ccc1I. The number of halogens is 4. The van der Waals surface area contributed by atoms with Crippen LogP contribution < -0.4 is 5.32 Å². The van der Waals surface area contributed by atoms with Crippen molar-refractivity contribution in [1.82, 2.24) is 0 Å². The molecule has 0 atom stereocenters. The minimum atomic E-state index is -4.43. The van der Waals surface area contributed by atoms with E-state index in [0.29, 0.717) is 3.57 Å². The summed E-state index contributed by atoms with van der Waals surface area (Å²) in [6, 6.07) is 12.3. The minimum absolute atomic E-state index is 0.118. The molecule has 2 rings (SSSR count). The first-order valence-corrected chi connectivity index (χ1v) is 7.14. The van der Waals surface area contributed by atoms with E-state index in [1.165, 1.54) is 6.07 Å². The van der Waals surface area contributed by atoms with Crippen LogP contribution in [0.3, 0.4) is 0 Å². The molecule has 0 aliphatic carbocycles. The number of anilines is 1. The number of hydrogen-bond donors (Lipinski definition) is 1. The van der Waals surface area contributed by atoms with Gasteiger partial charge in [-0.3, -0.25) is 4.79 Å². The molecule has 2 aromatic rings. The summed E-state index contributed by atoms with van der Waals surface area (Å²) in [5.74, 6) is -0.349.